The highest BCUT2D eigenvalue weighted by molar-refractivity contribution is 6.06. The summed E-state index contributed by atoms with van der Waals surface area (Å²) in [4.78, 5) is 25.8. The van der Waals surface area contributed by atoms with Crippen molar-refractivity contribution in [3.05, 3.63) is 59.7 Å². The lowest BCUT2D eigenvalue weighted by atomic mass is 9.69. The predicted octanol–water partition coefficient (Wildman–Crippen LogP) is 4.13. The van der Waals surface area contributed by atoms with Crippen LogP contribution in [-0.4, -0.2) is 37.1 Å². The Morgan fingerprint density at radius 3 is 2.55 bits per heavy atom. The monoisotopic (exact) mass is 393 g/mol. The van der Waals surface area contributed by atoms with Crippen LogP contribution in [0.15, 0.2) is 48.5 Å². The van der Waals surface area contributed by atoms with E-state index >= 15 is 0 Å². The van der Waals surface area contributed by atoms with Crippen molar-refractivity contribution in [2.75, 3.05) is 24.8 Å². The molecule has 1 fully saturated rings. The molecule has 1 saturated carbocycles. The summed E-state index contributed by atoms with van der Waals surface area (Å²) in [6.07, 6.45) is 3.27. The van der Waals surface area contributed by atoms with E-state index in [4.69, 9.17) is 4.74 Å². The van der Waals surface area contributed by atoms with Gasteiger partial charge in [-0.15, -0.1) is 0 Å². The summed E-state index contributed by atoms with van der Waals surface area (Å²) < 4.78 is 4.72. The van der Waals surface area contributed by atoms with Crippen LogP contribution < -0.4 is 10.6 Å². The van der Waals surface area contributed by atoms with Gasteiger partial charge in [-0.25, -0.2) is 4.79 Å². The third-order valence-electron chi connectivity index (χ3n) is 6.20. The number of amides is 2. The largest absolute Gasteiger partial charge is 0.453 e. The second-order valence-corrected chi connectivity index (χ2v) is 8.02. The fourth-order valence-corrected chi connectivity index (χ4v) is 4.56. The number of carbonyl (C=O) groups is 2. The van der Waals surface area contributed by atoms with Crippen LogP contribution in [0.4, 0.5) is 16.2 Å². The Labute approximate surface area is 171 Å². The maximum absolute atomic E-state index is 12.7. The molecule has 2 aromatic carbocycles. The summed E-state index contributed by atoms with van der Waals surface area (Å²) in [5, 5.41) is 6.66. The maximum atomic E-state index is 12.7. The molecule has 0 atom stereocenters. The van der Waals surface area contributed by atoms with Crippen LogP contribution >= 0.6 is 0 Å². The number of ether oxygens (including phenoxy) is 1. The lowest BCUT2D eigenvalue weighted by Crippen LogP contribution is -2.41. The minimum absolute atomic E-state index is 0.149. The Morgan fingerprint density at radius 2 is 1.86 bits per heavy atom. The molecule has 0 bridgehead atoms. The van der Waals surface area contributed by atoms with E-state index in [2.05, 4.69) is 16.7 Å². The van der Waals surface area contributed by atoms with E-state index in [0.29, 0.717) is 12.6 Å². The van der Waals surface area contributed by atoms with Crippen LogP contribution in [0, 0.1) is 0 Å². The predicted molar refractivity (Wildman–Crippen MR) is 113 cm³/mol. The topological polar surface area (TPSA) is 70.7 Å². The first-order valence-corrected chi connectivity index (χ1v) is 10.1. The molecule has 0 unspecified atom stereocenters. The molecule has 0 radical (unpaired) electrons. The Balaban J connectivity index is 1.36. The first-order chi connectivity index (χ1) is 14.0. The fourth-order valence-electron chi connectivity index (χ4n) is 4.56. The Bertz CT molecular complexity index is 902. The molecule has 2 amide bonds. The summed E-state index contributed by atoms with van der Waals surface area (Å²) in [6.45, 7) is 0.507. The highest BCUT2D eigenvalue weighted by Gasteiger charge is 2.48. The van der Waals surface area contributed by atoms with Crippen molar-refractivity contribution in [2.24, 2.45) is 0 Å². The lowest BCUT2D eigenvalue weighted by molar-refractivity contribution is -0.122. The smallest absolute Gasteiger partial charge is 0.409 e. The standard InChI is InChI=1S/C23H27N3O3/c1-26(22(28)29-2)15-16-7-9-17(10-8-16)24-18-11-13-23(14-12-18)19-5-3-4-6-20(19)25-21(23)27/h3-10,18,24H,11-15H2,1-2H3,(H,25,27). The average Bonchev–Trinajstić information content (AvgIpc) is 3.02. The van der Waals surface area contributed by atoms with Gasteiger partial charge < -0.3 is 20.3 Å². The molecular weight excluding hydrogens is 366 g/mol. The van der Waals surface area contributed by atoms with Gasteiger partial charge in [-0.2, -0.15) is 0 Å². The number of carbonyl (C=O) groups excluding carboxylic acids is 2. The SMILES string of the molecule is COC(=O)N(C)Cc1ccc(NC2CCC3(CC2)C(=O)Nc2ccccc23)cc1. The zero-order valence-electron chi connectivity index (χ0n) is 16.9. The number of fused-ring (bicyclic) bond motifs is 2. The van der Waals surface area contributed by atoms with Crippen molar-refractivity contribution in [3.8, 4) is 0 Å². The highest BCUT2D eigenvalue weighted by atomic mass is 16.5. The molecule has 29 heavy (non-hydrogen) atoms. The van der Waals surface area contributed by atoms with Gasteiger partial charge in [0.1, 0.15) is 0 Å². The van der Waals surface area contributed by atoms with Crippen molar-refractivity contribution in [1.29, 1.82) is 0 Å². The van der Waals surface area contributed by atoms with E-state index in [1.165, 1.54) is 12.0 Å². The first kappa shape index (κ1) is 19.3. The molecule has 6 nitrogen and oxygen atoms in total. The van der Waals surface area contributed by atoms with Gasteiger partial charge in [0, 0.05) is 31.0 Å². The molecule has 2 N–H and O–H groups in total. The minimum Gasteiger partial charge on any atom is -0.453 e. The van der Waals surface area contributed by atoms with E-state index in [-0.39, 0.29) is 17.4 Å². The zero-order chi connectivity index (χ0) is 20.4. The van der Waals surface area contributed by atoms with Crippen LogP contribution in [0.25, 0.3) is 0 Å². The maximum Gasteiger partial charge on any atom is 0.409 e. The fraction of sp³-hybridized carbons (Fsp3) is 0.391. The van der Waals surface area contributed by atoms with Gasteiger partial charge in [-0.05, 0) is 55.0 Å². The molecule has 1 aliphatic carbocycles. The average molecular weight is 393 g/mol. The van der Waals surface area contributed by atoms with E-state index in [1.807, 2.05) is 42.5 Å². The number of para-hydroxylation sites is 1. The molecule has 4 rings (SSSR count). The number of hydrogen-bond donors (Lipinski definition) is 2. The van der Waals surface area contributed by atoms with E-state index in [0.717, 1.165) is 48.2 Å². The number of rotatable bonds is 4. The molecule has 2 aliphatic rings. The van der Waals surface area contributed by atoms with Crippen molar-refractivity contribution in [3.63, 3.8) is 0 Å². The quantitative estimate of drug-likeness (QED) is 0.819. The summed E-state index contributed by atoms with van der Waals surface area (Å²) >= 11 is 0. The van der Waals surface area contributed by atoms with Gasteiger partial charge in [0.2, 0.25) is 5.91 Å². The molecule has 1 aliphatic heterocycles. The Kier molecular flexibility index (Phi) is 5.18. The van der Waals surface area contributed by atoms with Crippen LogP contribution in [0.1, 0.15) is 36.8 Å². The minimum atomic E-state index is -0.364. The van der Waals surface area contributed by atoms with Gasteiger partial charge in [0.05, 0.1) is 12.5 Å². The summed E-state index contributed by atoms with van der Waals surface area (Å²) in [6, 6.07) is 16.5. The van der Waals surface area contributed by atoms with Crippen molar-refractivity contribution < 1.29 is 14.3 Å². The van der Waals surface area contributed by atoms with Crippen molar-refractivity contribution in [1.82, 2.24) is 4.90 Å². The van der Waals surface area contributed by atoms with Crippen molar-refractivity contribution >= 4 is 23.4 Å². The van der Waals surface area contributed by atoms with Crippen LogP contribution in [-0.2, 0) is 21.5 Å². The molecule has 152 valence electrons. The van der Waals surface area contributed by atoms with Crippen LogP contribution in [0.3, 0.4) is 0 Å². The molecular formula is C23H27N3O3. The van der Waals surface area contributed by atoms with Gasteiger partial charge in [0.25, 0.3) is 0 Å². The van der Waals surface area contributed by atoms with E-state index < -0.39 is 0 Å². The van der Waals surface area contributed by atoms with Gasteiger partial charge in [-0.3, -0.25) is 4.79 Å². The molecule has 1 heterocycles. The Morgan fingerprint density at radius 1 is 1.17 bits per heavy atom. The van der Waals surface area contributed by atoms with Crippen molar-refractivity contribution in [2.45, 2.75) is 43.7 Å². The Hall–Kier alpha value is -3.02. The molecule has 0 aromatic heterocycles. The van der Waals surface area contributed by atoms with Crippen LogP contribution in [0.5, 0.6) is 0 Å². The second kappa shape index (κ2) is 7.78. The molecule has 6 heteroatoms. The number of anilines is 2. The van der Waals surface area contributed by atoms with E-state index in [1.54, 1.807) is 7.05 Å². The zero-order valence-corrected chi connectivity index (χ0v) is 16.9. The molecule has 2 aromatic rings. The van der Waals surface area contributed by atoms with Crippen LogP contribution in [0.2, 0.25) is 0 Å². The summed E-state index contributed by atoms with van der Waals surface area (Å²) in [7, 11) is 3.10. The summed E-state index contributed by atoms with van der Waals surface area (Å²) in [5.74, 6) is 0.149. The van der Waals surface area contributed by atoms with E-state index in [9.17, 15) is 9.59 Å². The highest BCUT2D eigenvalue weighted by Crippen LogP contribution is 2.47. The van der Waals surface area contributed by atoms with Gasteiger partial charge in [0.15, 0.2) is 0 Å². The lowest BCUT2D eigenvalue weighted by Gasteiger charge is -2.36. The third kappa shape index (κ3) is 3.67. The number of hydrogen-bond acceptors (Lipinski definition) is 4. The van der Waals surface area contributed by atoms with Gasteiger partial charge >= 0.3 is 6.09 Å². The molecule has 1 spiro atoms. The number of nitrogens with one attached hydrogen (secondary N) is 2. The number of nitrogens with zero attached hydrogens (tertiary/aromatic N) is 1. The normalized spacial score (nSPS) is 22.7. The second-order valence-electron chi connectivity index (χ2n) is 8.02. The van der Waals surface area contributed by atoms with Gasteiger partial charge in [-0.1, -0.05) is 30.3 Å². The molecule has 0 saturated heterocycles. The third-order valence-corrected chi connectivity index (χ3v) is 6.20. The number of methoxy groups -OCH3 is 1. The summed E-state index contributed by atoms with van der Waals surface area (Å²) in [5.41, 5.74) is 3.87. The number of benzene rings is 2. The first-order valence-electron chi connectivity index (χ1n) is 10.1.